The fraction of sp³-hybridized carbons (Fsp3) is 0.333. The third-order valence-electron chi connectivity index (χ3n) is 3.58. The molecule has 2 rings (SSSR count). The number of nitriles is 1. The average molecular weight is 358 g/mol. The van der Waals surface area contributed by atoms with E-state index in [1.54, 1.807) is 46.6 Å². The van der Waals surface area contributed by atoms with Crippen LogP contribution in [0.1, 0.15) is 5.56 Å². The van der Waals surface area contributed by atoms with Gasteiger partial charge in [0.15, 0.2) is 11.5 Å². The van der Waals surface area contributed by atoms with Crippen LogP contribution in [0.15, 0.2) is 24.4 Å². The van der Waals surface area contributed by atoms with Crippen molar-refractivity contribution in [1.29, 1.82) is 5.26 Å². The fourth-order valence-corrected chi connectivity index (χ4v) is 2.35. The van der Waals surface area contributed by atoms with Crippen LogP contribution in [0.25, 0.3) is 0 Å². The monoisotopic (exact) mass is 358 g/mol. The molecule has 0 saturated heterocycles. The molecule has 0 aliphatic rings. The molecule has 0 aliphatic heterocycles. The Morgan fingerprint density at radius 1 is 1.04 bits per heavy atom. The van der Waals surface area contributed by atoms with Crippen LogP contribution in [0.5, 0.6) is 17.2 Å². The molecule has 138 valence electrons. The fourth-order valence-electron chi connectivity index (χ4n) is 2.35. The number of nitrogens with zero attached hydrogens (tertiary/aromatic N) is 2. The minimum atomic E-state index is 0.455. The molecule has 8 nitrogen and oxygen atoms in total. The van der Waals surface area contributed by atoms with E-state index in [0.29, 0.717) is 53.2 Å². The Kier molecular flexibility index (Phi) is 6.88. The van der Waals surface area contributed by atoms with Crippen molar-refractivity contribution < 1.29 is 18.9 Å². The first kappa shape index (κ1) is 19.1. The van der Waals surface area contributed by atoms with E-state index in [2.05, 4.69) is 21.7 Å². The molecule has 2 aromatic rings. The predicted octanol–water partition coefficient (Wildman–Crippen LogP) is 2.78. The van der Waals surface area contributed by atoms with E-state index in [1.807, 2.05) is 0 Å². The van der Waals surface area contributed by atoms with Crippen molar-refractivity contribution in [3.63, 3.8) is 0 Å². The first-order valence-corrected chi connectivity index (χ1v) is 7.86. The quantitative estimate of drug-likeness (QED) is 0.661. The highest BCUT2D eigenvalue weighted by Gasteiger charge is 2.14. The number of nitrogens with one attached hydrogen (secondary N) is 2. The minimum absolute atomic E-state index is 0.455. The zero-order chi connectivity index (χ0) is 18.9. The Labute approximate surface area is 152 Å². The van der Waals surface area contributed by atoms with E-state index in [0.717, 1.165) is 0 Å². The van der Waals surface area contributed by atoms with Crippen molar-refractivity contribution >= 4 is 17.2 Å². The molecule has 0 amide bonds. The Bertz CT molecular complexity index is 764. The van der Waals surface area contributed by atoms with Crippen molar-refractivity contribution in [3.8, 4) is 23.3 Å². The van der Waals surface area contributed by atoms with Crippen molar-refractivity contribution in [1.82, 2.24) is 4.98 Å². The van der Waals surface area contributed by atoms with Gasteiger partial charge in [0, 0.05) is 43.7 Å². The maximum atomic E-state index is 9.22. The van der Waals surface area contributed by atoms with Gasteiger partial charge in [0.25, 0.3) is 0 Å². The lowest BCUT2D eigenvalue weighted by Gasteiger charge is -2.15. The number of ether oxygens (including phenoxy) is 4. The summed E-state index contributed by atoms with van der Waals surface area (Å²) in [6.07, 6.45) is 1.51. The molecule has 0 aliphatic carbocycles. The van der Waals surface area contributed by atoms with Gasteiger partial charge in [-0.25, -0.2) is 4.98 Å². The Morgan fingerprint density at radius 3 is 2.27 bits per heavy atom. The zero-order valence-electron chi connectivity index (χ0n) is 15.3. The first-order chi connectivity index (χ1) is 12.7. The van der Waals surface area contributed by atoms with E-state index >= 15 is 0 Å². The van der Waals surface area contributed by atoms with Gasteiger partial charge in [-0.2, -0.15) is 5.26 Å². The van der Waals surface area contributed by atoms with E-state index in [1.165, 1.54) is 6.20 Å². The number of anilines is 3. The first-order valence-electron chi connectivity index (χ1n) is 7.86. The van der Waals surface area contributed by atoms with Gasteiger partial charge in [-0.05, 0) is 0 Å². The summed E-state index contributed by atoms with van der Waals surface area (Å²) >= 11 is 0. The summed E-state index contributed by atoms with van der Waals surface area (Å²) < 4.78 is 21.0. The Morgan fingerprint density at radius 2 is 1.73 bits per heavy atom. The highest BCUT2D eigenvalue weighted by Crippen LogP contribution is 2.40. The molecule has 1 aromatic carbocycles. The lowest BCUT2D eigenvalue weighted by molar-refractivity contribution is 0.211. The molecule has 0 spiro atoms. The van der Waals surface area contributed by atoms with Crippen LogP contribution in [-0.4, -0.2) is 46.6 Å². The molecule has 0 fully saturated rings. The van der Waals surface area contributed by atoms with Gasteiger partial charge < -0.3 is 29.6 Å². The normalized spacial score (nSPS) is 9.96. The van der Waals surface area contributed by atoms with E-state index in [9.17, 15) is 5.26 Å². The van der Waals surface area contributed by atoms with Crippen LogP contribution in [0.3, 0.4) is 0 Å². The maximum Gasteiger partial charge on any atom is 0.203 e. The van der Waals surface area contributed by atoms with Crippen LogP contribution < -0.4 is 24.8 Å². The number of pyridine rings is 1. The van der Waals surface area contributed by atoms with E-state index in [4.69, 9.17) is 18.9 Å². The molecule has 0 radical (unpaired) electrons. The second-order valence-electron chi connectivity index (χ2n) is 5.19. The molecule has 26 heavy (non-hydrogen) atoms. The van der Waals surface area contributed by atoms with Gasteiger partial charge in [0.1, 0.15) is 11.9 Å². The summed E-state index contributed by atoms with van der Waals surface area (Å²) in [4.78, 5) is 4.27. The van der Waals surface area contributed by atoms with Crippen molar-refractivity contribution in [2.24, 2.45) is 0 Å². The Balaban J connectivity index is 2.30. The highest BCUT2D eigenvalue weighted by molar-refractivity contribution is 5.69. The van der Waals surface area contributed by atoms with Crippen molar-refractivity contribution in [3.05, 3.63) is 30.0 Å². The third-order valence-corrected chi connectivity index (χ3v) is 3.58. The van der Waals surface area contributed by atoms with E-state index in [-0.39, 0.29) is 0 Å². The molecule has 1 heterocycles. The zero-order valence-corrected chi connectivity index (χ0v) is 15.3. The van der Waals surface area contributed by atoms with Gasteiger partial charge in [-0.3, -0.25) is 0 Å². The molecule has 1 aromatic heterocycles. The van der Waals surface area contributed by atoms with Gasteiger partial charge in [-0.15, -0.1) is 0 Å². The second kappa shape index (κ2) is 9.34. The summed E-state index contributed by atoms with van der Waals surface area (Å²) in [6.45, 7) is 1.11. The number of rotatable bonds is 9. The number of hydrogen-bond donors (Lipinski definition) is 2. The van der Waals surface area contributed by atoms with Crippen LogP contribution in [0.4, 0.5) is 17.2 Å². The number of methoxy groups -OCH3 is 4. The van der Waals surface area contributed by atoms with Gasteiger partial charge in [-0.1, -0.05) is 0 Å². The van der Waals surface area contributed by atoms with Crippen LogP contribution in [0.2, 0.25) is 0 Å². The largest absolute Gasteiger partial charge is 0.493 e. The molecule has 2 N–H and O–H groups in total. The smallest absolute Gasteiger partial charge is 0.203 e. The van der Waals surface area contributed by atoms with Gasteiger partial charge >= 0.3 is 0 Å². The van der Waals surface area contributed by atoms with E-state index < -0.39 is 0 Å². The summed E-state index contributed by atoms with van der Waals surface area (Å²) in [6, 6.07) is 7.43. The van der Waals surface area contributed by atoms with Crippen LogP contribution >= 0.6 is 0 Å². The van der Waals surface area contributed by atoms with Gasteiger partial charge in [0.05, 0.1) is 39.2 Å². The van der Waals surface area contributed by atoms with Crippen molar-refractivity contribution in [2.75, 3.05) is 52.2 Å². The van der Waals surface area contributed by atoms with Crippen LogP contribution in [-0.2, 0) is 4.74 Å². The highest BCUT2D eigenvalue weighted by atomic mass is 16.5. The number of hydrogen-bond acceptors (Lipinski definition) is 8. The molecule has 0 unspecified atom stereocenters. The van der Waals surface area contributed by atoms with Crippen LogP contribution in [0, 0.1) is 11.3 Å². The predicted molar refractivity (Wildman–Crippen MR) is 98.7 cm³/mol. The molecule has 0 bridgehead atoms. The molecular formula is C18H22N4O4. The standard InChI is InChI=1S/C18H22N4O4/c1-23-6-5-20-14-9-17(21-11-12(14)10-19)22-13-7-15(24-2)18(26-4)16(8-13)25-3/h7-9,11H,5-6H2,1-4H3,(H2,20,21,22). The molecule has 0 atom stereocenters. The molecule has 8 heteroatoms. The number of aromatic nitrogens is 1. The summed E-state index contributed by atoms with van der Waals surface area (Å²) in [7, 11) is 6.28. The summed E-state index contributed by atoms with van der Waals surface area (Å²) in [5.74, 6) is 2.14. The maximum absolute atomic E-state index is 9.22. The minimum Gasteiger partial charge on any atom is -0.493 e. The third kappa shape index (κ3) is 4.46. The van der Waals surface area contributed by atoms with Gasteiger partial charge in [0.2, 0.25) is 5.75 Å². The Hall–Kier alpha value is -3.18. The number of benzene rings is 1. The molecular weight excluding hydrogens is 336 g/mol. The topological polar surface area (TPSA) is 97.7 Å². The summed E-state index contributed by atoms with van der Waals surface area (Å²) in [5, 5.41) is 15.6. The lowest BCUT2D eigenvalue weighted by atomic mass is 10.2. The molecule has 0 saturated carbocycles. The summed E-state index contributed by atoms with van der Waals surface area (Å²) in [5.41, 5.74) is 1.84. The lowest BCUT2D eigenvalue weighted by Crippen LogP contribution is -2.09. The average Bonchev–Trinajstić information content (AvgIpc) is 2.67. The SMILES string of the molecule is COCCNc1cc(Nc2cc(OC)c(OC)c(OC)c2)ncc1C#N. The second-order valence-corrected chi connectivity index (χ2v) is 5.19. The van der Waals surface area contributed by atoms with Crippen molar-refractivity contribution in [2.45, 2.75) is 0 Å².